The predicted octanol–water partition coefficient (Wildman–Crippen LogP) is 3.99. The molecule has 3 rings (SSSR count). The Morgan fingerprint density at radius 1 is 1.22 bits per heavy atom. The van der Waals surface area contributed by atoms with Gasteiger partial charge in [0, 0.05) is 11.5 Å². The largest absolute Gasteiger partial charge is 0.416 e. The highest BCUT2D eigenvalue weighted by Crippen LogP contribution is 2.38. The maximum absolute atomic E-state index is 12.8. The van der Waals surface area contributed by atoms with E-state index < -0.39 is 17.3 Å². The fourth-order valence-electron chi connectivity index (χ4n) is 2.32. The van der Waals surface area contributed by atoms with Crippen molar-refractivity contribution in [3.8, 4) is 0 Å². The summed E-state index contributed by atoms with van der Waals surface area (Å²) in [5, 5.41) is 7.09. The first-order valence-corrected chi connectivity index (χ1v) is 7.51. The van der Waals surface area contributed by atoms with Crippen molar-refractivity contribution in [1.82, 2.24) is 15.5 Å². The molecule has 0 bridgehead atoms. The van der Waals surface area contributed by atoms with Gasteiger partial charge in [0.25, 0.3) is 0 Å². The van der Waals surface area contributed by atoms with Gasteiger partial charge in [0.2, 0.25) is 5.89 Å². The van der Waals surface area contributed by atoms with Crippen molar-refractivity contribution in [2.24, 2.45) is 0 Å². The highest BCUT2D eigenvalue weighted by atomic mass is 19.4. The maximum Gasteiger partial charge on any atom is 0.416 e. The Labute approximate surface area is 132 Å². The number of hydrogen-bond donors (Lipinski definition) is 1. The van der Waals surface area contributed by atoms with E-state index in [1.165, 1.54) is 12.1 Å². The normalized spacial score (nSPS) is 15.9. The van der Waals surface area contributed by atoms with Crippen LogP contribution in [0.15, 0.2) is 28.8 Å². The van der Waals surface area contributed by atoms with Crippen molar-refractivity contribution in [2.45, 2.75) is 50.9 Å². The third-order valence-corrected chi connectivity index (χ3v) is 4.01. The molecule has 1 aliphatic rings. The average Bonchev–Trinajstić information content (AvgIpc) is 3.23. The molecule has 0 atom stereocenters. The SMILES string of the molecule is CC(C)(NCc1noc(C2CC2)n1)c1cccc(C(F)(F)F)c1. The molecule has 124 valence electrons. The van der Waals surface area contributed by atoms with Crippen LogP contribution in [0.4, 0.5) is 13.2 Å². The van der Waals surface area contributed by atoms with Gasteiger partial charge in [-0.25, -0.2) is 0 Å². The molecule has 1 N–H and O–H groups in total. The van der Waals surface area contributed by atoms with Crippen molar-refractivity contribution in [3.63, 3.8) is 0 Å². The Kier molecular flexibility index (Phi) is 3.91. The number of nitrogens with zero attached hydrogens (tertiary/aromatic N) is 2. The van der Waals surface area contributed by atoms with Gasteiger partial charge in [-0.2, -0.15) is 18.2 Å². The molecule has 0 saturated heterocycles. The Bertz CT molecular complexity index is 690. The topological polar surface area (TPSA) is 51.0 Å². The van der Waals surface area contributed by atoms with E-state index in [0.717, 1.165) is 18.9 Å². The van der Waals surface area contributed by atoms with Crippen LogP contribution in [0.1, 0.15) is 55.4 Å². The van der Waals surface area contributed by atoms with E-state index in [1.54, 1.807) is 6.07 Å². The third-order valence-electron chi connectivity index (χ3n) is 4.01. The molecule has 0 unspecified atom stereocenters. The highest BCUT2D eigenvalue weighted by Gasteiger charge is 2.32. The standard InChI is InChI=1S/C16H18F3N3O/c1-15(2,11-4-3-5-12(8-11)16(17,18)19)20-9-13-21-14(23-22-13)10-6-7-10/h3-5,8,10,20H,6-7,9H2,1-2H3. The number of hydrogen-bond acceptors (Lipinski definition) is 4. The van der Waals surface area contributed by atoms with E-state index in [4.69, 9.17) is 4.52 Å². The van der Waals surface area contributed by atoms with Crippen LogP contribution in [0.25, 0.3) is 0 Å². The minimum absolute atomic E-state index is 0.333. The van der Waals surface area contributed by atoms with Gasteiger partial charge in [0.15, 0.2) is 5.82 Å². The second-order valence-electron chi connectivity index (χ2n) is 6.38. The van der Waals surface area contributed by atoms with Gasteiger partial charge >= 0.3 is 6.18 Å². The van der Waals surface area contributed by atoms with E-state index >= 15 is 0 Å². The van der Waals surface area contributed by atoms with E-state index in [2.05, 4.69) is 15.5 Å². The van der Waals surface area contributed by atoms with Crippen LogP contribution in [-0.2, 0) is 18.3 Å². The maximum atomic E-state index is 12.8. The summed E-state index contributed by atoms with van der Waals surface area (Å²) >= 11 is 0. The van der Waals surface area contributed by atoms with Crippen molar-refractivity contribution in [2.75, 3.05) is 0 Å². The quantitative estimate of drug-likeness (QED) is 0.903. The Balaban J connectivity index is 1.70. The lowest BCUT2D eigenvalue weighted by atomic mass is 9.92. The number of halogens is 3. The van der Waals surface area contributed by atoms with Gasteiger partial charge in [0.1, 0.15) is 0 Å². The number of alkyl halides is 3. The van der Waals surface area contributed by atoms with Crippen LogP contribution in [-0.4, -0.2) is 10.1 Å². The van der Waals surface area contributed by atoms with Gasteiger partial charge in [0.05, 0.1) is 12.1 Å². The predicted molar refractivity (Wildman–Crippen MR) is 77.6 cm³/mol. The smallest absolute Gasteiger partial charge is 0.339 e. The molecule has 1 heterocycles. The van der Waals surface area contributed by atoms with Gasteiger partial charge < -0.3 is 9.84 Å². The van der Waals surface area contributed by atoms with Gasteiger partial charge in [-0.1, -0.05) is 17.3 Å². The van der Waals surface area contributed by atoms with Crippen LogP contribution in [0, 0.1) is 0 Å². The summed E-state index contributed by atoms with van der Waals surface area (Å²) in [6, 6.07) is 5.33. The first-order valence-electron chi connectivity index (χ1n) is 7.51. The summed E-state index contributed by atoms with van der Waals surface area (Å²) in [6.07, 6.45) is -2.20. The molecule has 1 saturated carbocycles. The van der Waals surface area contributed by atoms with E-state index in [9.17, 15) is 13.2 Å². The second-order valence-corrected chi connectivity index (χ2v) is 6.38. The fourth-order valence-corrected chi connectivity index (χ4v) is 2.32. The van der Waals surface area contributed by atoms with E-state index in [0.29, 0.717) is 29.7 Å². The Morgan fingerprint density at radius 3 is 2.57 bits per heavy atom. The summed E-state index contributed by atoms with van der Waals surface area (Å²) in [6.45, 7) is 3.98. The first kappa shape index (κ1) is 16.0. The molecule has 1 aromatic heterocycles. The molecule has 0 radical (unpaired) electrons. The zero-order chi connectivity index (χ0) is 16.7. The lowest BCUT2D eigenvalue weighted by Gasteiger charge is -2.27. The number of benzene rings is 1. The lowest BCUT2D eigenvalue weighted by molar-refractivity contribution is -0.137. The monoisotopic (exact) mass is 325 g/mol. The number of aromatic nitrogens is 2. The zero-order valence-corrected chi connectivity index (χ0v) is 12.9. The van der Waals surface area contributed by atoms with Crippen LogP contribution in [0.2, 0.25) is 0 Å². The Hall–Kier alpha value is -1.89. The summed E-state index contributed by atoms with van der Waals surface area (Å²) in [5.74, 6) is 1.55. The fraction of sp³-hybridized carbons (Fsp3) is 0.500. The van der Waals surface area contributed by atoms with Crippen molar-refractivity contribution < 1.29 is 17.7 Å². The van der Waals surface area contributed by atoms with Crippen molar-refractivity contribution in [3.05, 3.63) is 47.1 Å². The van der Waals surface area contributed by atoms with Crippen molar-refractivity contribution >= 4 is 0 Å². The lowest BCUT2D eigenvalue weighted by Crippen LogP contribution is -2.36. The summed E-state index contributed by atoms with van der Waals surface area (Å²) in [4.78, 5) is 4.31. The van der Waals surface area contributed by atoms with Crippen molar-refractivity contribution in [1.29, 1.82) is 0 Å². The molecular formula is C16H18F3N3O. The van der Waals surface area contributed by atoms with Crippen LogP contribution >= 0.6 is 0 Å². The summed E-state index contributed by atoms with van der Waals surface area (Å²) in [7, 11) is 0. The van der Waals surface area contributed by atoms with Crippen LogP contribution in [0.3, 0.4) is 0 Å². The molecule has 7 heteroatoms. The molecule has 0 aliphatic heterocycles. The molecule has 1 aliphatic carbocycles. The molecular weight excluding hydrogens is 307 g/mol. The molecule has 1 aromatic carbocycles. The molecule has 23 heavy (non-hydrogen) atoms. The average molecular weight is 325 g/mol. The number of nitrogens with one attached hydrogen (secondary N) is 1. The molecule has 0 amide bonds. The third kappa shape index (κ3) is 3.72. The summed E-state index contributed by atoms with van der Waals surface area (Å²) < 4.78 is 43.7. The van der Waals surface area contributed by atoms with Crippen LogP contribution < -0.4 is 5.32 Å². The minimum atomic E-state index is -4.35. The minimum Gasteiger partial charge on any atom is -0.339 e. The van der Waals surface area contributed by atoms with Crippen LogP contribution in [0.5, 0.6) is 0 Å². The molecule has 1 fully saturated rings. The molecule has 2 aromatic rings. The van der Waals surface area contributed by atoms with E-state index in [-0.39, 0.29) is 0 Å². The summed E-state index contributed by atoms with van der Waals surface area (Å²) in [5.41, 5.74) is -0.750. The second kappa shape index (κ2) is 5.63. The Morgan fingerprint density at radius 2 is 1.91 bits per heavy atom. The first-order chi connectivity index (χ1) is 10.8. The molecule has 4 nitrogen and oxygen atoms in total. The van der Waals surface area contributed by atoms with Gasteiger partial charge in [-0.3, -0.25) is 0 Å². The van der Waals surface area contributed by atoms with Gasteiger partial charge in [-0.05, 0) is 44.4 Å². The number of rotatable bonds is 5. The van der Waals surface area contributed by atoms with Gasteiger partial charge in [-0.15, -0.1) is 0 Å². The zero-order valence-electron chi connectivity index (χ0n) is 12.9. The van der Waals surface area contributed by atoms with E-state index in [1.807, 2.05) is 13.8 Å². The highest BCUT2D eigenvalue weighted by molar-refractivity contribution is 5.30. The molecule has 0 spiro atoms.